The lowest BCUT2D eigenvalue weighted by molar-refractivity contribution is -0.121. The highest BCUT2D eigenvalue weighted by Crippen LogP contribution is 2.19. The highest BCUT2D eigenvalue weighted by molar-refractivity contribution is 6.36. The Morgan fingerprint density at radius 3 is 2.70 bits per heavy atom. The number of carbonyl (C=O) groups is 1. The molecular formula is C15H20Cl2N2O. The normalized spacial score (nSPS) is 10.9. The third-order valence-electron chi connectivity index (χ3n) is 2.86. The number of halogens is 2. The molecule has 1 aromatic rings. The van der Waals surface area contributed by atoms with E-state index >= 15 is 0 Å². The van der Waals surface area contributed by atoms with Crippen LogP contribution in [0.3, 0.4) is 0 Å². The van der Waals surface area contributed by atoms with Crippen LogP contribution < -0.4 is 5.43 Å². The number of amides is 1. The molecule has 3 nitrogen and oxygen atoms in total. The number of carbonyl (C=O) groups excluding carboxylic acids is 1. The smallest absolute Gasteiger partial charge is 0.240 e. The van der Waals surface area contributed by atoms with Crippen LogP contribution in [0, 0.1) is 0 Å². The predicted octanol–water partition coefficient (Wildman–Crippen LogP) is 4.80. The minimum Gasteiger partial charge on any atom is -0.273 e. The van der Waals surface area contributed by atoms with Crippen molar-refractivity contribution in [3.05, 3.63) is 33.8 Å². The average molecular weight is 315 g/mol. The van der Waals surface area contributed by atoms with E-state index in [0.717, 1.165) is 18.4 Å². The number of nitrogens with one attached hydrogen (secondary N) is 1. The maximum absolute atomic E-state index is 11.5. The SMILES string of the molecule is CCCCCCCC(=O)NN=Cc1ccc(Cl)cc1Cl. The van der Waals surface area contributed by atoms with Gasteiger partial charge in [0.1, 0.15) is 0 Å². The van der Waals surface area contributed by atoms with Gasteiger partial charge in [-0.15, -0.1) is 0 Å². The van der Waals surface area contributed by atoms with Gasteiger partial charge in [-0.05, 0) is 18.6 Å². The molecule has 0 heterocycles. The van der Waals surface area contributed by atoms with Crippen LogP contribution in [0.1, 0.15) is 51.0 Å². The minimum absolute atomic E-state index is 0.0668. The molecular weight excluding hydrogens is 295 g/mol. The quantitative estimate of drug-likeness (QED) is 0.418. The molecule has 0 fully saturated rings. The summed E-state index contributed by atoms with van der Waals surface area (Å²) in [7, 11) is 0. The van der Waals surface area contributed by atoms with Crippen molar-refractivity contribution in [3.63, 3.8) is 0 Å². The lowest BCUT2D eigenvalue weighted by atomic mass is 10.1. The fraction of sp³-hybridized carbons (Fsp3) is 0.467. The molecule has 0 spiro atoms. The van der Waals surface area contributed by atoms with Crippen molar-refractivity contribution in [2.75, 3.05) is 0 Å². The van der Waals surface area contributed by atoms with Gasteiger partial charge in [-0.3, -0.25) is 4.79 Å². The molecule has 0 aromatic heterocycles. The first kappa shape index (κ1) is 17.0. The van der Waals surface area contributed by atoms with Gasteiger partial charge in [0.25, 0.3) is 0 Å². The summed E-state index contributed by atoms with van der Waals surface area (Å²) in [5.74, 6) is -0.0668. The zero-order valence-electron chi connectivity index (χ0n) is 11.7. The van der Waals surface area contributed by atoms with Crippen molar-refractivity contribution in [1.29, 1.82) is 0 Å². The molecule has 0 aliphatic carbocycles. The first-order chi connectivity index (χ1) is 9.63. The molecule has 0 atom stereocenters. The van der Waals surface area contributed by atoms with E-state index in [1.807, 2.05) is 0 Å². The van der Waals surface area contributed by atoms with Crippen LogP contribution >= 0.6 is 23.2 Å². The maximum atomic E-state index is 11.5. The summed E-state index contributed by atoms with van der Waals surface area (Å²) >= 11 is 11.8. The van der Waals surface area contributed by atoms with Gasteiger partial charge in [0, 0.05) is 17.0 Å². The molecule has 0 bridgehead atoms. The molecule has 1 N–H and O–H groups in total. The van der Waals surface area contributed by atoms with Crippen LogP contribution in [-0.2, 0) is 4.79 Å². The van der Waals surface area contributed by atoms with Gasteiger partial charge in [-0.2, -0.15) is 5.10 Å². The van der Waals surface area contributed by atoms with Gasteiger partial charge >= 0.3 is 0 Å². The summed E-state index contributed by atoms with van der Waals surface area (Å²) in [6.45, 7) is 2.17. The van der Waals surface area contributed by atoms with E-state index in [1.165, 1.54) is 25.5 Å². The van der Waals surface area contributed by atoms with Gasteiger partial charge in [0.15, 0.2) is 0 Å². The second kappa shape index (κ2) is 9.78. The molecule has 20 heavy (non-hydrogen) atoms. The summed E-state index contributed by atoms with van der Waals surface area (Å²) in [5.41, 5.74) is 3.22. The molecule has 1 aromatic carbocycles. The minimum atomic E-state index is -0.0668. The van der Waals surface area contributed by atoms with E-state index in [0.29, 0.717) is 16.5 Å². The van der Waals surface area contributed by atoms with Crippen molar-refractivity contribution in [1.82, 2.24) is 5.43 Å². The zero-order valence-corrected chi connectivity index (χ0v) is 13.2. The first-order valence-electron chi connectivity index (χ1n) is 6.90. The predicted molar refractivity (Wildman–Crippen MR) is 85.6 cm³/mol. The van der Waals surface area contributed by atoms with E-state index < -0.39 is 0 Å². The van der Waals surface area contributed by atoms with Crippen molar-refractivity contribution in [3.8, 4) is 0 Å². The Kier molecular flexibility index (Phi) is 8.31. The van der Waals surface area contributed by atoms with Crippen molar-refractivity contribution < 1.29 is 4.79 Å². The zero-order chi connectivity index (χ0) is 14.8. The number of hydrogen-bond donors (Lipinski definition) is 1. The van der Waals surface area contributed by atoms with Crippen molar-refractivity contribution in [2.45, 2.75) is 45.4 Å². The highest BCUT2D eigenvalue weighted by Gasteiger charge is 2.00. The highest BCUT2D eigenvalue weighted by atomic mass is 35.5. The van der Waals surface area contributed by atoms with E-state index in [-0.39, 0.29) is 5.91 Å². The molecule has 1 amide bonds. The second-order valence-corrected chi connectivity index (χ2v) is 5.47. The monoisotopic (exact) mass is 314 g/mol. The number of hydrazone groups is 1. The molecule has 0 saturated carbocycles. The third kappa shape index (κ3) is 6.92. The van der Waals surface area contributed by atoms with Crippen molar-refractivity contribution in [2.24, 2.45) is 5.10 Å². The third-order valence-corrected chi connectivity index (χ3v) is 3.43. The lowest BCUT2D eigenvalue weighted by Crippen LogP contribution is -2.16. The number of benzene rings is 1. The number of rotatable bonds is 8. The second-order valence-electron chi connectivity index (χ2n) is 4.62. The van der Waals surface area contributed by atoms with Gasteiger partial charge in [-0.25, -0.2) is 5.43 Å². The average Bonchev–Trinajstić information content (AvgIpc) is 2.41. The maximum Gasteiger partial charge on any atom is 0.240 e. The Morgan fingerprint density at radius 1 is 1.25 bits per heavy atom. The molecule has 0 aliphatic rings. The van der Waals surface area contributed by atoms with Crippen LogP contribution in [0.15, 0.2) is 23.3 Å². The van der Waals surface area contributed by atoms with Crippen LogP contribution in [0.2, 0.25) is 10.0 Å². The molecule has 0 aliphatic heterocycles. The van der Waals surface area contributed by atoms with Gasteiger partial charge in [-0.1, -0.05) is 61.9 Å². The van der Waals surface area contributed by atoms with Crippen LogP contribution in [0.4, 0.5) is 0 Å². The van der Waals surface area contributed by atoms with Gasteiger partial charge in [0.2, 0.25) is 5.91 Å². The van der Waals surface area contributed by atoms with Crippen LogP contribution in [0.25, 0.3) is 0 Å². The number of unbranched alkanes of at least 4 members (excludes halogenated alkanes) is 4. The fourth-order valence-electron chi connectivity index (χ4n) is 1.73. The largest absolute Gasteiger partial charge is 0.273 e. The van der Waals surface area contributed by atoms with E-state index in [2.05, 4.69) is 17.5 Å². The summed E-state index contributed by atoms with van der Waals surface area (Å²) in [6.07, 6.45) is 7.65. The van der Waals surface area contributed by atoms with E-state index in [9.17, 15) is 4.79 Å². The summed E-state index contributed by atoms with van der Waals surface area (Å²) in [6, 6.07) is 5.12. The van der Waals surface area contributed by atoms with E-state index in [1.54, 1.807) is 18.2 Å². The summed E-state index contributed by atoms with van der Waals surface area (Å²) < 4.78 is 0. The van der Waals surface area contributed by atoms with E-state index in [4.69, 9.17) is 23.2 Å². The number of nitrogens with zero attached hydrogens (tertiary/aromatic N) is 1. The Morgan fingerprint density at radius 2 is 2.00 bits per heavy atom. The number of hydrogen-bond acceptors (Lipinski definition) is 2. The molecule has 110 valence electrons. The van der Waals surface area contributed by atoms with Crippen LogP contribution in [0.5, 0.6) is 0 Å². The van der Waals surface area contributed by atoms with Crippen LogP contribution in [-0.4, -0.2) is 12.1 Å². The van der Waals surface area contributed by atoms with Gasteiger partial charge < -0.3 is 0 Å². The Bertz CT molecular complexity index is 461. The molecule has 0 saturated heterocycles. The first-order valence-corrected chi connectivity index (χ1v) is 7.66. The van der Waals surface area contributed by atoms with Crippen molar-refractivity contribution >= 4 is 35.3 Å². The molecule has 1 rings (SSSR count). The lowest BCUT2D eigenvalue weighted by Gasteiger charge is -2.01. The Hall–Kier alpha value is -1.06. The molecule has 0 radical (unpaired) electrons. The fourth-order valence-corrected chi connectivity index (χ4v) is 2.18. The summed E-state index contributed by atoms with van der Waals surface area (Å²) in [5, 5.41) is 4.98. The Balaban J connectivity index is 2.28. The standard InChI is InChI=1S/C15H20Cl2N2O/c1-2-3-4-5-6-7-15(20)19-18-11-12-8-9-13(16)10-14(12)17/h8-11H,2-7H2,1H3,(H,19,20). The Labute approximate surface area is 130 Å². The molecule has 5 heteroatoms. The topological polar surface area (TPSA) is 41.5 Å². The molecule has 0 unspecified atom stereocenters. The van der Waals surface area contributed by atoms with Gasteiger partial charge in [0.05, 0.1) is 11.2 Å². The summed E-state index contributed by atoms with van der Waals surface area (Å²) in [4.78, 5) is 11.5.